The molecule has 0 fully saturated rings. The van der Waals surface area contributed by atoms with Crippen LogP contribution in [-0.4, -0.2) is 15.7 Å². The molecule has 0 bridgehead atoms. The highest BCUT2D eigenvalue weighted by Gasteiger charge is 2.04. The van der Waals surface area contributed by atoms with Crippen LogP contribution < -0.4 is 10.6 Å². The summed E-state index contributed by atoms with van der Waals surface area (Å²) in [5.74, 6) is -0.0740. The zero-order valence-corrected chi connectivity index (χ0v) is 15.9. The highest BCUT2D eigenvalue weighted by molar-refractivity contribution is 5.89. The second-order valence-corrected chi connectivity index (χ2v) is 6.41. The van der Waals surface area contributed by atoms with Crippen LogP contribution in [0.3, 0.4) is 0 Å². The third-order valence-corrected chi connectivity index (χ3v) is 4.16. The van der Waals surface area contributed by atoms with Crippen molar-refractivity contribution in [2.24, 2.45) is 7.05 Å². The lowest BCUT2D eigenvalue weighted by molar-refractivity contribution is -0.114. The summed E-state index contributed by atoms with van der Waals surface area (Å²) >= 11 is 0. The highest BCUT2D eigenvalue weighted by Crippen LogP contribution is 2.23. The number of benzene rings is 2. The maximum Gasteiger partial charge on any atom is 0.221 e. The first-order valence-corrected chi connectivity index (χ1v) is 8.92. The predicted molar refractivity (Wildman–Crippen MR) is 111 cm³/mol. The van der Waals surface area contributed by atoms with Crippen LogP contribution in [0.1, 0.15) is 25.0 Å². The van der Waals surface area contributed by atoms with Crippen LogP contribution in [0.25, 0.3) is 17.3 Å². The number of hydrogen-bond donors (Lipinski definition) is 2. The summed E-state index contributed by atoms with van der Waals surface area (Å²) in [7, 11) is 1.92. The van der Waals surface area contributed by atoms with Crippen LogP contribution in [0.2, 0.25) is 0 Å². The normalized spacial score (nSPS) is 10.9. The molecule has 5 heteroatoms. The predicted octanol–water partition coefficient (Wildman–Crippen LogP) is 4.69. The molecule has 27 heavy (non-hydrogen) atoms. The average Bonchev–Trinajstić information content (AvgIpc) is 3.08. The van der Waals surface area contributed by atoms with Gasteiger partial charge in [-0.1, -0.05) is 36.4 Å². The molecule has 5 nitrogen and oxygen atoms in total. The summed E-state index contributed by atoms with van der Waals surface area (Å²) in [4.78, 5) is 11.3. The fourth-order valence-electron chi connectivity index (χ4n) is 2.88. The minimum atomic E-state index is -0.0740. The van der Waals surface area contributed by atoms with Crippen LogP contribution >= 0.6 is 0 Å². The van der Waals surface area contributed by atoms with Crippen LogP contribution in [-0.2, 0) is 18.4 Å². The number of amides is 1. The average molecular weight is 360 g/mol. The maximum absolute atomic E-state index is 11.3. The van der Waals surface area contributed by atoms with Gasteiger partial charge < -0.3 is 10.6 Å². The van der Waals surface area contributed by atoms with Gasteiger partial charge in [0, 0.05) is 43.7 Å². The van der Waals surface area contributed by atoms with Crippen molar-refractivity contribution in [2.45, 2.75) is 20.4 Å². The minimum absolute atomic E-state index is 0.0740. The molecular formula is C22H24N4O. The molecule has 1 heterocycles. The van der Waals surface area contributed by atoms with Gasteiger partial charge in [-0.25, -0.2) is 0 Å². The van der Waals surface area contributed by atoms with E-state index < -0.39 is 0 Å². The lowest BCUT2D eigenvalue weighted by atomic mass is 10.1. The molecule has 0 aliphatic heterocycles. The largest absolute Gasteiger partial charge is 0.380 e. The third-order valence-electron chi connectivity index (χ3n) is 4.16. The molecule has 0 atom stereocenters. The number of hydrogen-bond acceptors (Lipinski definition) is 3. The van der Waals surface area contributed by atoms with Gasteiger partial charge in [-0.3, -0.25) is 9.48 Å². The molecule has 138 valence electrons. The van der Waals surface area contributed by atoms with E-state index in [0.29, 0.717) is 6.54 Å². The summed E-state index contributed by atoms with van der Waals surface area (Å²) in [6, 6.07) is 16.3. The second-order valence-electron chi connectivity index (χ2n) is 6.41. The number of aryl methyl sites for hydroxylation is 1. The van der Waals surface area contributed by atoms with Gasteiger partial charge in [0.15, 0.2) is 0 Å². The van der Waals surface area contributed by atoms with Crippen molar-refractivity contribution in [2.75, 3.05) is 10.6 Å². The molecule has 0 radical (unpaired) electrons. The van der Waals surface area contributed by atoms with Gasteiger partial charge in [0.25, 0.3) is 0 Å². The summed E-state index contributed by atoms with van der Waals surface area (Å²) in [6.07, 6.45) is 5.95. The Balaban J connectivity index is 1.71. The number of allylic oxidation sites excluding steroid dienone is 1. The van der Waals surface area contributed by atoms with Crippen LogP contribution in [0, 0.1) is 0 Å². The van der Waals surface area contributed by atoms with Gasteiger partial charge in [0.2, 0.25) is 5.91 Å². The first kappa shape index (κ1) is 18.5. The Hall–Kier alpha value is -3.34. The van der Waals surface area contributed by atoms with Crippen molar-refractivity contribution in [1.29, 1.82) is 0 Å². The third kappa shape index (κ3) is 4.85. The molecule has 0 spiro atoms. The van der Waals surface area contributed by atoms with E-state index in [1.54, 1.807) is 4.68 Å². The van der Waals surface area contributed by atoms with Crippen LogP contribution in [0.5, 0.6) is 0 Å². The number of rotatable bonds is 6. The van der Waals surface area contributed by atoms with E-state index >= 15 is 0 Å². The van der Waals surface area contributed by atoms with Gasteiger partial charge >= 0.3 is 0 Å². The molecule has 0 unspecified atom stereocenters. The number of anilines is 2. The number of nitrogens with one attached hydrogen (secondary N) is 2. The zero-order valence-electron chi connectivity index (χ0n) is 15.9. The van der Waals surface area contributed by atoms with Crippen molar-refractivity contribution < 1.29 is 4.79 Å². The monoisotopic (exact) mass is 360 g/mol. The summed E-state index contributed by atoms with van der Waals surface area (Å²) in [5.41, 5.74) is 6.12. The number of carbonyl (C=O) groups excluding carboxylic acids is 1. The Morgan fingerprint density at radius 1 is 1.15 bits per heavy atom. The lowest BCUT2D eigenvalue weighted by Gasteiger charge is -2.12. The first-order valence-electron chi connectivity index (χ1n) is 8.92. The Bertz CT molecular complexity index is 955. The maximum atomic E-state index is 11.3. The number of carbonyl (C=O) groups is 1. The van der Waals surface area contributed by atoms with E-state index in [9.17, 15) is 4.79 Å². The van der Waals surface area contributed by atoms with E-state index in [2.05, 4.69) is 40.0 Å². The van der Waals surface area contributed by atoms with Crippen molar-refractivity contribution in [3.8, 4) is 11.3 Å². The molecule has 2 N–H and O–H groups in total. The molecule has 0 saturated carbocycles. The van der Waals surface area contributed by atoms with E-state index in [0.717, 1.165) is 28.2 Å². The topological polar surface area (TPSA) is 59.0 Å². The molecular weight excluding hydrogens is 336 g/mol. The molecule has 0 saturated heterocycles. The minimum Gasteiger partial charge on any atom is -0.380 e. The lowest BCUT2D eigenvalue weighted by Crippen LogP contribution is -2.07. The fourth-order valence-corrected chi connectivity index (χ4v) is 2.88. The standard InChI is InChI=1S/C22H24N4O/c1-4-5-19-14-20(24-16(2)27)10-11-21(19)23-15-17-6-8-18(9-7-17)22-12-13-26(3)25-22/h4-14,23H,15H2,1-3H3,(H,24,27)/b5-4-. The van der Waals surface area contributed by atoms with Gasteiger partial charge in [-0.05, 0) is 42.3 Å². The van der Waals surface area contributed by atoms with Gasteiger partial charge in [-0.2, -0.15) is 5.10 Å². The Kier molecular flexibility index (Phi) is 5.71. The Morgan fingerprint density at radius 3 is 2.56 bits per heavy atom. The Morgan fingerprint density at radius 2 is 1.93 bits per heavy atom. The van der Waals surface area contributed by atoms with Crippen molar-refractivity contribution in [1.82, 2.24) is 9.78 Å². The Labute approximate surface area is 159 Å². The zero-order chi connectivity index (χ0) is 19.2. The van der Waals surface area contributed by atoms with E-state index in [-0.39, 0.29) is 5.91 Å². The summed E-state index contributed by atoms with van der Waals surface area (Å²) < 4.78 is 1.80. The van der Waals surface area contributed by atoms with Gasteiger partial charge in [-0.15, -0.1) is 0 Å². The summed E-state index contributed by atoms with van der Waals surface area (Å²) in [5, 5.41) is 10.7. The quantitative estimate of drug-likeness (QED) is 0.670. The van der Waals surface area contributed by atoms with E-state index in [1.165, 1.54) is 12.5 Å². The number of nitrogens with zero attached hydrogens (tertiary/aromatic N) is 2. The second kappa shape index (κ2) is 8.36. The van der Waals surface area contributed by atoms with Crippen molar-refractivity contribution in [3.63, 3.8) is 0 Å². The summed E-state index contributed by atoms with van der Waals surface area (Å²) in [6.45, 7) is 4.20. The molecule has 3 rings (SSSR count). The molecule has 3 aromatic rings. The van der Waals surface area contributed by atoms with Crippen LogP contribution in [0.4, 0.5) is 11.4 Å². The van der Waals surface area contributed by atoms with E-state index in [1.807, 2.05) is 56.6 Å². The highest BCUT2D eigenvalue weighted by atomic mass is 16.1. The molecule has 0 aliphatic carbocycles. The SMILES string of the molecule is C/C=C\c1cc(NC(C)=O)ccc1NCc1ccc(-c2ccn(C)n2)cc1. The van der Waals surface area contributed by atoms with Crippen molar-refractivity contribution >= 4 is 23.4 Å². The number of aromatic nitrogens is 2. The van der Waals surface area contributed by atoms with Gasteiger partial charge in [0.05, 0.1) is 5.69 Å². The molecule has 1 aromatic heterocycles. The van der Waals surface area contributed by atoms with E-state index in [4.69, 9.17) is 0 Å². The smallest absolute Gasteiger partial charge is 0.221 e. The molecule has 1 amide bonds. The van der Waals surface area contributed by atoms with Gasteiger partial charge in [0.1, 0.15) is 0 Å². The molecule has 0 aliphatic rings. The molecule has 2 aromatic carbocycles. The first-order chi connectivity index (χ1) is 13.0. The van der Waals surface area contributed by atoms with Crippen molar-refractivity contribution in [3.05, 3.63) is 71.9 Å². The fraction of sp³-hybridized carbons (Fsp3) is 0.182. The van der Waals surface area contributed by atoms with Crippen LogP contribution in [0.15, 0.2) is 60.8 Å².